The van der Waals surface area contributed by atoms with E-state index in [2.05, 4.69) is 53.7 Å². The van der Waals surface area contributed by atoms with Gasteiger partial charge in [-0.1, -0.05) is 71.4 Å². The predicted octanol–water partition coefficient (Wildman–Crippen LogP) is 6.84. The maximum absolute atomic E-state index is 12.5. The molecule has 0 N–H and O–H groups in total. The van der Waals surface area contributed by atoms with Crippen molar-refractivity contribution in [1.82, 2.24) is 0 Å². The molecule has 0 aliphatic heterocycles. The molecule has 0 saturated carbocycles. The Hall–Kier alpha value is -2.37. The molecule has 1 atom stereocenters. The molecule has 0 heterocycles. The highest BCUT2D eigenvalue weighted by Crippen LogP contribution is 2.43. The van der Waals surface area contributed by atoms with Gasteiger partial charge in [-0.3, -0.25) is 0 Å². The Morgan fingerprint density at radius 3 is 1.85 bits per heavy atom. The van der Waals surface area contributed by atoms with E-state index in [4.69, 9.17) is 18.9 Å². The second-order valence-corrected chi connectivity index (χ2v) is 11.3. The molecule has 2 aromatic rings. The fourth-order valence-electron chi connectivity index (χ4n) is 4.24. The normalized spacial score (nSPS) is 13.0. The van der Waals surface area contributed by atoms with Crippen LogP contribution in [-0.4, -0.2) is 26.8 Å². The number of hydrogen-bond donors (Lipinski definition) is 0. The number of carbonyl (C=O) groups is 1. The van der Waals surface area contributed by atoms with Crippen LogP contribution in [0.3, 0.4) is 0 Å². The van der Waals surface area contributed by atoms with E-state index in [9.17, 15) is 4.79 Å². The van der Waals surface area contributed by atoms with Gasteiger partial charge >= 0.3 is 5.97 Å². The number of rotatable bonds is 10. The highest BCUT2D eigenvalue weighted by molar-refractivity contribution is 5.74. The fraction of sp³-hybridized carbons (Fsp3) is 0.552. The first-order valence-corrected chi connectivity index (χ1v) is 11.9. The zero-order valence-electron chi connectivity index (χ0n) is 22.4. The standard InChI is InChI=1S/C29H42O5/c1-20-14-22(17-31-8)27(23(15-20)18-32-9)33-19-26(30)34-24-12-10-21(11-13-24)25(29(5,6)7)16-28(2,3)4/h10-15,25H,16-19H2,1-9H3. The van der Waals surface area contributed by atoms with Gasteiger partial charge in [0, 0.05) is 25.3 Å². The van der Waals surface area contributed by atoms with Crippen LogP contribution >= 0.6 is 0 Å². The summed E-state index contributed by atoms with van der Waals surface area (Å²) >= 11 is 0. The first-order valence-electron chi connectivity index (χ1n) is 11.9. The molecule has 2 aromatic carbocycles. The number of aryl methyl sites for hydroxylation is 1. The van der Waals surface area contributed by atoms with E-state index in [1.54, 1.807) is 14.2 Å². The van der Waals surface area contributed by atoms with Crippen LogP contribution in [0.1, 0.15) is 76.1 Å². The molecule has 188 valence electrons. The molecule has 0 aliphatic carbocycles. The summed E-state index contributed by atoms with van der Waals surface area (Å²) in [5.74, 6) is 1.07. The fourth-order valence-corrected chi connectivity index (χ4v) is 4.24. The Morgan fingerprint density at radius 2 is 1.41 bits per heavy atom. The first-order chi connectivity index (χ1) is 15.8. The van der Waals surface area contributed by atoms with Crippen molar-refractivity contribution >= 4 is 5.97 Å². The molecule has 0 spiro atoms. The Morgan fingerprint density at radius 1 is 0.882 bits per heavy atom. The quantitative estimate of drug-likeness (QED) is 0.281. The summed E-state index contributed by atoms with van der Waals surface area (Å²) in [4.78, 5) is 12.5. The minimum Gasteiger partial charge on any atom is -0.481 e. The summed E-state index contributed by atoms with van der Waals surface area (Å²) < 4.78 is 22.1. The number of benzene rings is 2. The number of esters is 1. The molecule has 0 saturated heterocycles. The van der Waals surface area contributed by atoms with Gasteiger partial charge in [0.1, 0.15) is 11.5 Å². The van der Waals surface area contributed by atoms with Crippen molar-refractivity contribution in [2.75, 3.05) is 20.8 Å². The van der Waals surface area contributed by atoms with E-state index in [1.165, 1.54) is 5.56 Å². The molecule has 0 aromatic heterocycles. The minimum atomic E-state index is -0.456. The SMILES string of the molecule is COCc1cc(C)cc(COC)c1OCC(=O)Oc1ccc(C(CC(C)(C)C)C(C)(C)C)cc1. The van der Waals surface area contributed by atoms with Crippen molar-refractivity contribution in [1.29, 1.82) is 0 Å². The lowest BCUT2D eigenvalue weighted by Gasteiger charge is -2.36. The zero-order chi connectivity index (χ0) is 25.5. The van der Waals surface area contributed by atoms with Crippen molar-refractivity contribution in [2.45, 2.75) is 74.0 Å². The van der Waals surface area contributed by atoms with Gasteiger partial charge in [0.2, 0.25) is 0 Å². The second-order valence-electron chi connectivity index (χ2n) is 11.3. The zero-order valence-corrected chi connectivity index (χ0v) is 22.4. The van der Waals surface area contributed by atoms with Crippen LogP contribution in [0.4, 0.5) is 0 Å². The van der Waals surface area contributed by atoms with Gasteiger partial charge < -0.3 is 18.9 Å². The third-order valence-corrected chi connectivity index (χ3v) is 5.70. The number of carbonyl (C=O) groups excluding carboxylic acids is 1. The van der Waals surface area contributed by atoms with Gasteiger partial charge in [0.15, 0.2) is 6.61 Å². The smallest absolute Gasteiger partial charge is 0.349 e. The minimum absolute atomic E-state index is 0.132. The van der Waals surface area contributed by atoms with E-state index in [0.717, 1.165) is 23.1 Å². The number of hydrogen-bond acceptors (Lipinski definition) is 5. The lowest BCUT2D eigenvalue weighted by molar-refractivity contribution is -0.136. The molecule has 2 rings (SSSR count). The number of ether oxygens (including phenoxy) is 4. The predicted molar refractivity (Wildman–Crippen MR) is 136 cm³/mol. The van der Waals surface area contributed by atoms with Crippen LogP contribution in [0.2, 0.25) is 0 Å². The highest BCUT2D eigenvalue weighted by atomic mass is 16.6. The second kappa shape index (κ2) is 11.9. The average molecular weight is 471 g/mol. The van der Waals surface area contributed by atoms with E-state index >= 15 is 0 Å². The van der Waals surface area contributed by atoms with Crippen molar-refractivity contribution in [3.05, 3.63) is 58.7 Å². The Kier molecular flexibility index (Phi) is 9.72. The van der Waals surface area contributed by atoms with Crippen LogP contribution in [0.15, 0.2) is 36.4 Å². The van der Waals surface area contributed by atoms with Gasteiger partial charge in [-0.15, -0.1) is 0 Å². The molecule has 0 fully saturated rings. The van der Waals surface area contributed by atoms with Crippen LogP contribution in [-0.2, 0) is 27.5 Å². The molecular formula is C29H42O5. The molecule has 0 bridgehead atoms. The van der Waals surface area contributed by atoms with Crippen LogP contribution in [0.25, 0.3) is 0 Å². The van der Waals surface area contributed by atoms with Crippen LogP contribution in [0, 0.1) is 17.8 Å². The van der Waals surface area contributed by atoms with Gasteiger partial charge in [-0.05, 0) is 47.8 Å². The Balaban J connectivity index is 2.10. The van der Waals surface area contributed by atoms with Gasteiger partial charge in [-0.25, -0.2) is 4.79 Å². The average Bonchev–Trinajstić information content (AvgIpc) is 2.71. The molecule has 5 nitrogen and oxygen atoms in total. The lowest BCUT2D eigenvalue weighted by Crippen LogP contribution is -2.24. The van der Waals surface area contributed by atoms with Crippen LogP contribution in [0.5, 0.6) is 11.5 Å². The van der Waals surface area contributed by atoms with Crippen molar-refractivity contribution in [3.8, 4) is 11.5 Å². The van der Waals surface area contributed by atoms with Gasteiger partial charge in [0.25, 0.3) is 0 Å². The molecule has 0 aliphatic rings. The van der Waals surface area contributed by atoms with Crippen molar-refractivity contribution in [2.24, 2.45) is 10.8 Å². The summed E-state index contributed by atoms with van der Waals surface area (Å²) in [6.07, 6.45) is 1.08. The van der Waals surface area contributed by atoms with E-state index in [-0.39, 0.29) is 17.4 Å². The maximum atomic E-state index is 12.5. The third-order valence-electron chi connectivity index (χ3n) is 5.70. The maximum Gasteiger partial charge on any atom is 0.349 e. The largest absolute Gasteiger partial charge is 0.481 e. The summed E-state index contributed by atoms with van der Waals surface area (Å²) in [5, 5.41) is 0. The van der Waals surface area contributed by atoms with Crippen molar-refractivity contribution in [3.63, 3.8) is 0 Å². The molecule has 1 unspecified atom stereocenters. The molecule has 5 heteroatoms. The van der Waals surface area contributed by atoms with E-state index in [1.807, 2.05) is 31.2 Å². The summed E-state index contributed by atoms with van der Waals surface area (Å²) in [7, 11) is 3.26. The summed E-state index contributed by atoms with van der Waals surface area (Å²) in [6, 6.07) is 11.9. The Labute approximate surface area is 205 Å². The first kappa shape index (κ1) is 27.9. The summed E-state index contributed by atoms with van der Waals surface area (Å²) in [6.45, 7) is 16.2. The summed E-state index contributed by atoms with van der Waals surface area (Å²) in [5.41, 5.74) is 4.44. The molecular weight excluding hydrogens is 428 g/mol. The van der Waals surface area contributed by atoms with Gasteiger partial charge in [-0.2, -0.15) is 0 Å². The van der Waals surface area contributed by atoms with E-state index < -0.39 is 5.97 Å². The number of methoxy groups -OCH3 is 2. The topological polar surface area (TPSA) is 54.0 Å². The van der Waals surface area contributed by atoms with Crippen LogP contribution < -0.4 is 9.47 Å². The molecule has 0 radical (unpaired) electrons. The van der Waals surface area contributed by atoms with E-state index in [0.29, 0.717) is 30.6 Å². The molecule has 0 amide bonds. The van der Waals surface area contributed by atoms with Gasteiger partial charge in [0.05, 0.1) is 13.2 Å². The van der Waals surface area contributed by atoms with Crippen molar-refractivity contribution < 1.29 is 23.7 Å². The lowest BCUT2D eigenvalue weighted by atomic mass is 9.69. The Bertz CT molecular complexity index is 905. The third kappa shape index (κ3) is 8.44. The monoisotopic (exact) mass is 470 g/mol. The molecule has 34 heavy (non-hydrogen) atoms. The highest BCUT2D eigenvalue weighted by Gasteiger charge is 2.30.